The van der Waals surface area contributed by atoms with Crippen LogP contribution < -0.4 is 65.9 Å². The van der Waals surface area contributed by atoms with E-state index in [2.05, 4.69) is 47.2 Å². The second-order valence-corrected chi connectivity index (χ2v) is 20.4. The van der Waals surface area contributed by atoms with Crippen molar-refractivity contribution in [3.05, 3.63) is 58.3 Å². The number of benzene rings is 1. The molecule has 2 saturated heterocycles. The normalized spacial score (nSPS) is 22.5. The number of guanidine groups is 2. The van der Waals surface area contributed by atoms with Crippen molar-refractivity contribution >= 4 is 98.1 Å². The van der Waals surface area contributed by atoms with Gasteiger partial charge in [-0.25, -0.2) is 4.79 Å². The van der Waals surface area contributed by atoms with E-state index in [0.717, 1.165) is 21.6 Å². The number of nitrogens with two attached hydrogens (primary N) is 5. The minimum Gasteiger partial charge on any atom is -0.480 e. The molecule has 26 nitrogen and oxygen atoms in total. The lowest BCUT2D eigenvalue weighted by molar-refractivity contribution is -0.142. The standard InChI is InChI=1S/C44H65N15O11S3/c45-25(10-4-14-50-43(46)47)41(68)59-16-6-12-32(59)40(67)58-30-22-72-73-23-31(39(66)55-26(42(69)70)11-5-15-51-44(48)49)57-37(64)28(18-24-8-2-1-3-9-24)56-38(65)29(21-60)54-34(61)19-27(33-13-7-17-71-33)53-35(62)20-52-36(30)63/h1-3,7-9,13,17,25-32,60H,4-6,10-12,14-16,18-23,45H2,(H,52,63)(H,53,62)(H,54,61)(H,55,66)(H,56,65)(H,57,64)(H,58,67)(H,69,70)(H4,46,47,50)(H4,48,49,51)/t25-,26-,27?,28+,29-,30?,31?,32-/m0/s1. The lowest BCUT2D eigenvalue weighted by Gasteiger charge is -2.28. The molecule has 0 aliphatic carbocycles. The molecule has 0 bridgehead atoms. The number of rotatable bonds is 18. The molecular weight excluding hydrogens is 1010 g/mol. The molecular formula is C44H65N15O11S3. The van der Waals surface area contributed by atoms with Gasteiger partial charge in [-0.2, -0.15) is 0 Å². The maximum Gasteiger partial charge on any atom is 0.326 e. The number of hydrogen-bond donors (Lipinski definition) is 14. The van der Waals surface area contributed by atoms with Gasteiger partial charge in [-0.1, -0.05) is 58.0 Å². The smallest absolute Gasteiger partial charge is 0.326 e. The number of carboxylic acid groups (broad SMARTS) is 1. The number of carbonyl (C=O) groups is 9. The first-order valence-electron chi connectivity index (χ1n) is 23.3. The maximum atomic E-state index is 14.3. The van der Waals surface area contributed by atoms with E-state index in [1.165, 1.54) is 16.2 Å². The third kappa shape index (κ3) is 20.0. The van der Waals surface area contributed by atoms with E-state index in [-0.39, 0.29) is 75.2 Å². The van der Waals surface area contributed by atoms with Crippen LogP contribution in [0.2, 0.25) is 0 Å². The van der Waals surface area contributed by atoms with Crippen LogP contribution in [0.5, 0.6) is 0 Å². The molecule has 1 aromatic carbocycles. The Balaban J connectivity index is 1.66. The highest BCUT2D eigenvalue weighted by atomic mass is 33.1. The van der Waals surface area contributed by atoms with Crippen LogP contribution in [0.25, 0.3) is 0 Å². The minimum atomic E-state index is -1.59. The van der Waals surface area contributed by atoms with Crippen molar-refractivity contribution in [2.24, 2.45) is 38.7 Å². The third-order valence-electron chi connectivity index (χ3n) is 11.3. The summed E-state index contributed by atoms with van der Waals surface area (Å²) in [5.41, 5.74) is 28.4. The Hall–Kier alpha value is -6.69. The Bertz CT molecular complexity index is 2270. The van der Waals surface area contributed by atoms with E-state index in [9.17, 15) is 53.4 Å². The number of aliphatic hydroxyl groups excluding tert-OH is 1. The van der Waals surface area contributed by atoms with E-state index in [1.54, 1.807) is 47.8 Å². The van der Waals surface area contributed by atoms with Gasteiger partial charge in [-0.15, -0.1) is 11.3 Å². The number of nitrogens with one attached hydrogen (secondary N) is 7. The number of likely N-dealkylation sites (tertiary alicyclic amines) is 1. The van der Waals surface area contributed by atoms with Gasteiger partial charge in [-0.3, -0.25) is 48.3 Å². The van der Waals surface area contributed by atoms with Crippen molar-refractivity contribution in [2.45, 2.75) is 99.7 Å². The number of amides is 8. The van der Waals surface area contributed by atoms with E-state index >= 15 is 0 Å². The zero-order valence-electron chi connectivity index (χ0n) is 39.9. The molecule has 73 heavy (non-hydrogen) atoms. The van der Waals surface area contributed by atoms with Crippen molar-refractivity contribution in [3.8, 4) is 0 Å². The Labute approximate surface area is 432 Å². The Kier molecular flexibility index (Phi) is 24.5. The third-order valence-corrected chi connectivity index (χ3v) is 14.7. The first-order valence-corrected chi connectivity index (χ1v) is 26.6. The van der Waals surface area contributed by atoms with Crippen molar-refractivity contribution in [1.82, 2.24) is 42.1 Å². The highest BCUT2D eigenvalue weighted by molar-refractivity contribution is 8.76. The van der Waals surface area contributed by atoms with Crippen molar-refractivity contribution < 1.29 is 53.4 Å². The zero-order valence-corrected chi connectivity index (χ0v) is 42.3. The molecule has 1 aromatic heterocycles. The van der Waals surface area contributed by atoms with Gasteiger partial charge < -0.3 is 81.0 Å². The number of carboxylic acids is 1. The molecule has 2 aliphatic rings. The van der Waals surface area contributed by atoms with Crippen LogP contribution in [0.4, 0.5) is 0 Å². The molecule has 8 amide bonds. The highest BCUT2D eigenvalue weighted by Gasteiger charge is 2.38. The fourth-order valence-corrected chi connectivity index (χ4v) is 10.6. The van der Waals surface area contributed by atoms with Gasteiger partial charge in [0.2, 0.25) is 47.3 Å². The number of carbonyl (C=O) groups excluding carboxylic acids is 8. The fraction of sp³-hybridized carbons (Fsp3) is 0.523. The van der Waals surface area contributed by atoms with Gasteiger partial charge in [-0.05, 0) is 55.5 Å². The second kappa shape index (κ2) is 30.4. The monoisotopic (exact) mass is 1080 g/mol. The van der Waals surface area contributed by atoms with Crippen molar-refractivity contribution in [2.75, 3.05) is 44.3 Å². The fourth-order valence-electron chi connectivity index (χ4n) is 7.54. The van der Waals surface area contributed by atoms with Crippen LogP contribution in [0.1, 0.15) is 61.4 Å². The largest absolute Gasteiger partial charge is 0.480 e. The Morgan fingerprint density at radius 2 is 1.47 bits per heavy atom. The van der Waals surface area contributed by atoms with E-state index in [1.807, 2.05) is 0 Å². The van der Waals surface area contributed by atoms with Crippen molar-refractivity contribution in [3.63, 3.8) is 0 Å². The molecule has 19 N–H and O–H groups in total. The van der Waals surface area contributed by atoms with Gasteiger partial charge >= 0.3 is 5.97 Å². The first kappa shape index (κ1) is 58.9. The molecule has 2 aliphatic heterocycles. The van der Waals surface area contributed by atoms with Gasteiger partial charge in [0.05, 0.1) is 31.7 Å². The molecule has 0 spiro atoms. The van der Waals surface area contributed by atoms with Gasteiger partial charge in [0.1, 0.15) is 36.3 Å². The predicted molar refractivity (Wildman–Crippen MR) is 275 cm³/mol. The van der Waals surface area contributed by atoms with Crippen LogP contribution in [0.15, 0.2) is 57.8 Å². The summed E-state index contributed by atoms with van der Waals surface area (Å²) in [6, 6.07) is 1.55. The summed E-state index contributed by atoms with van der Waals surface area (Å²) in [4.78, 5) is 132. The van der Waals surface area contributed by atoms with Crippen LogP contribution >= 0.6 is 32.9 Å². The highest BCUT2D eigenvalue weighted by Crippen LogP contribution is 2.26. The summed E-state index contributed by atoms with van der Waals surface area (Å²) in [6.07, 6.45) is 0.798. The Morgan fingerprint density at radius 3 is 2.11 bits per heavy atom. The van der Waals surface area contributed by atoms with E-state index in [0.29, 0.717) is 23.3 Å². The van der Waals surface area contributed by atoms with E-state index in [4.69, 9.17) is 28.7 Å². The molecule has 2 fully saturated rings. The maximum absolute atomic E-state index is 14.3. The minimum absolute atomic E-state index is 0.0559. The van der Waals surface area contributed by atoms with Gasteiger partial charge in [0.25, 0.3) is 0 Å². The number of aliphatic imine (C=N–C) groups is 2. The van der Waals surface area contributed by atoms with E-state index < -0.39 is 121 Å². The summed E-state index contributed by atoms with van der Waals surface area (Å²) < 4.78 is 0. The molecule has 0 radical (unpaired) electrons. The number of thiophene rings is 1. The SMILES string of the molecule is NC(N)=NCCC[C@H](NC(=O)C1CSSCC(NC(=O)[C@@H]2CCCN2C(=O)[C@@H](N)CCCN=C(N)N)C(=O)NCC(=O)NC(c2cccs2)CC(=O)N[C@@H](CO)C(=O)N[C@H](Cc2ccccc2)C(=O)N1)C(=O)O. The van der Waals surface area contributed by atoms with Gasteiger partial charge in [0, 0.05) is 42.4 Å². The van der Waals surface area contributed by atoms with Crippen LogP contribution in [-0.2, 0) is 49.6 Å². The average molecular weight is 1080 g/mol. The molecule has 0 saturated carbocycles. The Morgan fingerprint density at radius 1 is 0.795 bits per heavy atom. The summed E-state index contributed by atoms with van der Waals surface area (Å²) in [7, 11) is 1.95. The number of aliphatic carboxylic acids is 1. The predicted octanol–water partition coefficient (Wildman–Crippen LogP) is -4.02. The molecule has 3 heterocycles. The van der Waals surface area contributed by atoms with Crippen LogP contribution in [0.3, 0.4) is 0 Å². The summed E-state index contributed by atoms with van der Waals surface area (Å²) in [5.74, 6) is -8.48. The number of aliphatic hydroxyl groups is 1. The molecule has 2 aromatic rings. The van der Waals surface area contributed by atoms with Gasteiger partial charge in [0.15, 0.2) is 11.9 Å². The summed E-state index contributed by atoms with van der Waals surface area (Å²) >= 11 is 1.22. The average Bonchev–Trinajstić information content (AvgIpc) is 4.08. The molecule has 4 rings (SSSR count). The lowest BCUT2D eigenvalue weighted by Crippen LogP contribution is -2.59. The first-order chi connectivity index (χ1) is 34.9. The van der Waals surface area contributed by atoms with Crippen molar-refractivity contribution in [1.29, 1.82) is 0 Å². The lowest BCUT2D eigenvalue weighted by atomic mass is 10.0. The quantitative estimate of drug-likeness (QED) is 0.0293. The van der Waals surface area contributed by atoms with Crippen LogP contribution in [-0.4, -0.2) is 167 Å². The number of nitrogens with zero attached hydrogens (tertiary/aromatic N) is 3. The molecule has 400 valence electrons. The van der Waals surface area contributed by atoms with Crippen LogP contribution in [0, 0.1) is 0 Å². The summed E-state index contributed by atoms with van der Waals surface area (Å²) in [5, 5.41) is 40.0. The molecule has 29 heteroatoms. The zero-order chi connectivity index (χ0) is 53.5. The topological polar surface area (TPSA) is 436 Å². The second-order valence-electron chi connectivity index (χ2n) is 16.9. The molecule has 3 unspecified atom stereocenters. The summed E-state index contributed by atoms with van der Waals surface area (Å²) in [6.45, 7) is -1.01. The molecule has 8 atom stereocenters. The number of hydrogen-bond acceptors (Lipinski definition) is 16.